The second-order valence-electron chi connectivity index (χ2n) is 6.26. The quantitative estimate of drug-likeness (QED) is 0.499. The van der Waals surface area contributed by atoms with E-state index in [0.29, 0.717) is 16.3 Å². The normalized spacial score (nSPS) is 12.9. The number of rotatable bonds is 3. The van der Waals surface area contributed by atoms with Crippen molar-refractivity contribution in [3.05, 3.63) is 55.9 Å². The van der Waals surface area contributed by atoms with Crippen molar-refractivity contribution in [2.75, 3.05) is 5.73 Å². The largest absolute Gasteiger partial charge is 0.451 e. The summed E-state index contributed by atoms with van der Waals surface area (Å²) in [5.41, 5.74) is 4.55. The van der Waals surface area contributed by atoms with Gasteiger partial charge in [0.1, 0.15) is 4.83 Å². The molecule has 1 aromatic carbocycles. The number of aromatic nitrogens is 2. The number of carbonyl (C=O) groups excluding carboxylic acids is 1. The number of halogens is 3. The number of hydrogen-bond acceptors (Lipinski definition) is 6. The van der Waals surface area contributed by atoms with Crippen LogP contribution in [0.5, 0.6) is 0 Å². The molecule has 0 saturated carbocycles. The van der Waals surface area contributed by atoms with Crippen molar-refractivity contribution in [3.63, 3.8) is 0 Å². The number of aromatic amines is 1. The van der Waals surface area contributed by atoms with Gasteiger partial charge in [0.15, 0.2) is 11.9 Å². The summed E-state index contributed by atoms with van der Waals surface area (Å²) >= 11 is 1.35. The highest BCUT2D eigenvalue weighted by Crippen LogP contribution is 2.32. The Hall–Kier alpha value is -2.88. The molecule has 1 atom stereocenters. The molecule has 0 aliphatic rings. The molecule has 0 bridgehead atoms. The van der Waals surface area contributed by atoms with Gasteiger partial charge in [0.05, 0.1) is 16.5 Å². The first-order valence-electron chi connectivity index (χ1n) is 8.16. The third kappa shape index (κ3) is 3.59. The highest BCUT2D eigenvalue weighted by molar-refractivity contribution is 7.18. The van der Waals surface area contributed by atoms with Gasteiger partial charge in [-0.25, -0.2) is 9.78 Å². The summed E-state index contributed by atoms with van der Waals surface area (Å²) < 4.78 is 43.4. The highest BCUT2D eigenvalue weighted by Gasteiger charge is 2.31. The molecule has 0 spiro atoms. The molecular formula is C18H16F3N3O3S. The number of alkyl halides is 3. The first-order valence-corrected chi connectivity index (χ1v) is 8.98. The summed E-state index contributed by atoms with van der Waals surface area (Å²) in [5, 5.41) is 0.483. The first kappa shape index (κ1) is 19.9. The Kier molecular flexibility index (Phi) is 4.92. The number of thiophene rings is 1. The maximum atomic E-state index is 12.7. The number of H-pyrrole nitrogens is 1. The van der Waals surface area contributed by atoms with Gasteiger partial charge in [0, 0.05) is 10.6 Å². The van der Waals surface area contributed by atoms with E-state index >= 15 is 0 Å². The summed E-state index contributed by atoms with van der Waals surface area (Å²) in [6, 6.07) is 2.38. The van der Waals surface area contributed by atoms with E-state index < -0.39 is 23.8 Å². The number of benzene rings is 1. The van der Waals surface area contributed by atoms with Crippen molar-refractivity contribution in [2.45, 2.75) is 33.1 Å². The van der Waals surface area contributed by atoms with Crippen molar-refractivity contribution in [1.29, 1.82) is 0 Å². The minimum atomic E-state index is -4.57. The summed E-state index contributed by atoms with van der Waals surface area (Å²) in [6.07, 6.45) is -5.51. The van der Waals surface area contributed by atoms with Gasteiger partial charge in [-0.2, -0.15) is 13.2 Å². The second kappa shape index (κ2) is 6.93. The predicted octanol–water partition coefficient (Wildman–Crippen LogP) is 4.12. The number of carbonyl (C=O) groups is 1. The molecule has 10 heteroatoms. The molecule has 2 heterocycles. The van der Waals surface area contributed by atoms with E-state index in [-0.39, 0.29) is 22.6 Å². The van der Waals surface area contributed by atoms with E-state index in [2.05, 4.69) is 9.97 Å². The number of nitrogen functional groups attached to an aromatic ring is 1. The van der Waals surface area contributed by atoms with Gasteiger partial charge in [-0.1, -0.05) is 0 Å². The SMILES string of the molecule is Cc1sc2nc([C@H](C)OC(=O)c3ccc(C(F)(F)F)cc3N)[nH]c(=O)c2c1C. The van der Waals surface area contributed by atoms with Crippen LogP contribution >= 0.6 is 11.3 Å². The Morgan fingerprint density at radius 2 is 2.00 bits per heavy atom. The highest BCUT2D eigenvalue weighted by atomic mass is 32.1. The lowest BCUT2D eigenvalue weighted by molar-refractivity contribution is -0.137. The summed E-state index contributed by atoms with van der Waals surface area (Å²) in [5.74, 6) is -0.780. The van der Waals surface area contributed by atoms with Crippen molar-refractivity contribution < 1.29 is 22.7 Å². The van der Waals surface area contributed by atoms with E-state index in [0.717, 1.165) is 22.6 Å². The van der Waals surface area contributed by atoms with Crippen molar-refractivity contribution in [3.8, 4) is 0 Å². The van der Waals surface area contributed by atoms with Gasteiger partial charge in [-0.15, -0.1) is 11.3 Å². The van der Waals surface area contributed by atoms with Crippen molar-refractivity contribution in [2.24, 2.45) is 0 Å². The molecule has 3 aromatic rings. The van der Waals surface area contributed by atoms with Crippen LogP contribution in [0.1, 0.15) is 45.2 Å². The number of fused-ring (bicyclic) bond motifs is 1. The number of ether oxygens (including phenoxy) is 1. The van der Waals surface area contributed by atoms with E-state index in [9.17, 15) is 22.8 Å². The van der Waals surface area contributed by atoms with Crippen LogP contribution in [-0.2, 0) is 10.9 Å². The third-order valence-corrected chi connectivity index (χ3v) is 5.43. The number of esters is 1. The molecule has 0 unspecified atom stereocenters. The van der Waals surface area contributed by atoms with Crippen LogP contribution in [0.25, 0.3) is 10.2 Å². The Balaban J connectivity index is 1.87. The minimum Gasteiger partial charge on any atom is -0.451 e. The van der Waals surface area contributed by atoms with Crippen LogP contribution in [0.4, 0.5) is 18.9 Å². The zero-order valence-corrected chi connectivity index (χ0v) is 15.9. The lowest BCUT2D eigenvalue weighted by Crippen LogP contribution is -2.18. The lowest BCUT2D eigenvalue weighted by Gasteiger charge is -2.14. The molecule has 28 heavy (non-hydrogen) atoms. The fourth-order valence-electron chi connectivity index (χ4n) is 2.67. The van der Waals surface area contributed by atoms with E-state index in [4.69, 9.17) is 10.5 Å². The van der Waals surface area contributed by atoms with E-state index in [1.54, 1.807) is 0 Å². The van der Waals surface area contributed by atoms with E-state index in [1.807, 2.05) is 13.8 Å². The number of nitrogens with zero attached hydrogens (tertiary/aromatic N) is 1. The minimum absolute atomic E-state index is 0.137. The molecule has 3 N–H and O–H groups in total. The zero-order valence-electron chi connectivity index (χ0n) is 15.1. The molecule has 3 rings (SSSR count). The Labute approximate surface area is 161 Å². The number of anilines is 1. The van der Waals surface area contributed by atoms with Gasteiger partial charge >= 0.3 is 12.1 Å². The molecule has 2 aromatic heterocycles. The maximum Gasteiger partial charge on any atom is 0.416 e. The molecule has 0 fully saturated rings. The molecule has 6 nitrogen and oxygen atoms in total. The van der Waals surface area contributed by atoms with Crippen LogP contribution in [-0.4, -0.2) is 15.9 Å². The van der Waals surface area contributed by atoms with Crippen LogP contribution < -0.4 is 11.3 Å². The van der Waals surface area contributed by atoms with Crippen molar-refractivity contribution in [1.82, 2.24) is 9.97 Å². The molecule has 0 radical (unpaired) electrons. The number of hydrogen-bond donors (Lipinski definition) is 2. The van der Waals surface area contributed by atoms with Crippen LogP contribution in [0, 0.1) is 13.8 Å². The smallest absolute Gasteiger partial charge is 0.416 e. The molecule has 0 saturated heterocycles. The van der Waals surface area contributed by atoms with Gasteiger partial charge in [0.25, 0.3) is 5.56 Å². The van der Waals surface area contributed by atoms with Crippen LogP contribution in [0.2, 0.25) is 0 Å². The Morgan fingerprint density at radius 1 is 1.32 bits per heavy atom. The topological polar surface area (TPSA) is 98.1 Å². The summed E-state index contributed by atoms with van der Waals surface area (Å²) in [7, 11) is 0. The van der Waals surface area contributed by atoms with Crippen LogP contribution in [0.3, 0.4) is 0 Å². The van der Waals surface area contributed by atoms with Gasteiger partial charge in [0.2, 0.25) is 0 Å². The standard InChI is InChI=1S/C18H16F3N3O3S/c1-7-9(3)28-16-13(7)15(25)23-14(24-16)8(2)27-17(26)11-5-4-10(6-12(11)22)18(19,20)21/h4-6,8H,22H2,1-3H3,(H,23,24,25)/t8-/m0/s1. The maximum absolute atomic E-state index is 12.7. The number of nitrogens with two attached hydrogens (primary N) is 1. The fourth-order valence-corrected chi connectivity index (χ4v) is 3.71. The average molecular weight is 411 g/mol. The van der Waals surface area contributed by atoms with Gasteiger partial charge in [-0.05, 0) is 44.5 Å². The number of aryl methyl sites for hydroxylation is 2. The number of nitrogens with one attached hydrogen (secondary N) is 1. The molecule has 148 valence electrons. The van der Waals surface area contributed by atoms with Crippen LogP contribution in [0.15, 0.2) is 23.0 Å². The Morgan fingerprint density at radius 3 is 2.61 bits per heavy atom. The fraction of sp³-hybridized carbons (Fsp3) is 0.278. The van der Waals surface area contributed by atoms with Gasteiger partial charge in [-0.3, -0.25) is 4.79 Å². The molecule has 0 aliphatic heterocycles. The Bertz CT molecular complexity index is 1130. The third-order valence-electron chi connectivity index (χ3n) is 4.33. The zero-order chi connectivity index (χ0) is 20.8. The monoisotopic (exact) mass is 411 g/mol. The lowest BCUT2D eigenvalue weighted by atomic mass is 10.1. The average Bonchev–Trinajstić information content (AvgIpc) is 2.88. The predicted molar refractivity (Wildman–Crippen MR) is 99.4 cm³/mol. The van der Waals surface area contributed by atoms with E-state index in [1.165, 1.54) is 18.3 Å². The molecular weight excluding hydrogens is 395 g/mol. The molecule has 0 amide bonds. The second-order valence-corrected chi connectivity index (χ2v) is 7.47. The summed E-state index contributed by atoms with van der Waals surface area (Å²) in [6.45, 7) is 5.19. The van der Waals surface area contributed by atoms with Gasteiger partial charge < -0.3 is 15.5 Å². The molecule has 0 aliphatic carbocycles. The summed E-state index contributed by atoms with van der Waals surface area (Å²) in [4.78, 5) is 33.0. The first-order chi connectivity index (χ1) is 13.0. The van der Waals surface area contributed by atoms with Crippen molar-refractivity contribution >= 4 is 33.2 Å².